The summed E-state index contributed by atoms with van der Waals surface area (Å²) in [6, 6.07) is 10.4. The molecule has 3 rings (SSSR count). The van der Waals surface area contributed by atoms with Crippen LogP contribution in [0, 0.1) is 5.92 Å². The van der Waals surface area contributed by atoms with Gasteiger partial charge in [0.2, 0.25) is 11.8 Å². The Morgan fingerprint density at radius 3 is 2.30 bits per heavy atom. The molecule has 33 heavy (non-hydrogen) atoms. The molecule has 186 valence electrons. The molecule has 2 aliphatic heterocycles. The van der Waals surface area contributed by atoms with E-state index in [0.29, 0.717) is 12.5 Å². The molecule has 0 bridgehead atoms. The first kappa shape index (κ1) is 27.7. The van der Waals surface area contributed by atoms with Crippen LogP contribution in [-0.4, -0.2) is 59.4 Å². The maximum absolute atomic E-state index is 13.2. The van der Waals surface area contributed by atoms with E-state index in [1.165, 1.54) is 37.7 Å². The lowest BCUT2D eigenvalue weighted by atomic mass is 9.80. The summed E-state index contributed by atoms with van der Waals surface area (Å²) in [6.45, 7) is 9.89. The minimum absolute atomic E-state index is 0. The van der Waals surface area contributed by atoms with Crippen LogP contribution in [0.15, 0.2) is 30.3 Å². The molecule has 1 aromatic carbocycles. The van der Waals surface area contributed by atoms with Gasteiger partial charge in [-0.05, 0) is 63.0 Å². The lowest BCUT2D eigenvalue weighted by Crippen LogP contribution is -2.73. The normalized spacial score (nSPS) is 20.7. The van der Waals surface area contributed by atoms with Gasteiger partial charge in [-0.15, -0.1) is 12.4 Å². The third-order valence-electron chi connectivity index (χ3n) is 7.18. The summed E-state index contributed by atoms with van der Waals surface area (Å²) in [5, 5.41) is 3.09. The zero-order valence-electron chi connectivity index (χ0n) is 20.9. The maximum Gasteiger partial charge on any atom is 0.246 e. The smallest absolute Gasteiger partial charge is 0.246 e. The molecule has 0 aromatic heterocycles. The predicted octanol–water partition coefficient (Wildman–Crippen LogP) is 4.83. The minimum Gasteiger partial charge on any atom is -0.342 e. The number of aryl methyl sites for hydroxylation is 1. The topological polar surface area (TPSA) is 52.7 Å². The van der Waals surface area contributed by atoms with Gasteiger partial charge in [0.1, 0.15) is 11.6 Å². The average molecular weight is 478 g/mol. The Hall–Kier alpha value is -1.59. The van der Waals surface area contributed by atoms with Crippen molar-refractivity contribution >= 4 is 24.2 Å². The summed E-state index contributed by atoms with van der Waals surface area (Å²) in [7, 11) is 0. The van der Waals surface area contributed by atoms with Crippen LogP contribution in [0.1, 0.15) is 77.7 Å². The number of hydrogen-bond acceptors (Lipinski definition) is 3. The van der Waals surface area contributed by atoms with Crippen molar-refractivity contribution in [3.8, 4) is 0 Å². The monoisotopic (exact) mass is 477 g/mol. The Bertz CT molecular complexity index is 732. The fourth-order valence-electron chi connectivity index (χ4n) is 5.36. The quantitative estimate of drug-likeness (QED) is 0.464. The van der Waals surface area contributed by atoms with Crippen LogP contribution in [0.5, 0.6) is 0 Å². The molecule has 2 heterocycles. The fourth-order valence-corrected chi connectivity index (χ4v) is 5.36. The van der Waals surface area contributed by atoms with E-state index in [1.807, 2.05) is 4.90 Å². The Kier molecular flexibility index (Phi) is 11.2. The number of rotatable bonds is 11. The number of likely N-dealkylation sites (tertiary alicyclic amines) is 1. The minimum atomic E-state index is -0.632. The van der Waals surface area contributed by atoms with Gasteiger partial charge < -0.3 is 15.1 Å². The van der Waals surface area contributed by atoms with Crippen LogP contribution in [0.25, 0.3) is 0 Å². The van der Waals surface area contributed by atoms with Crippen molar-refractivity contribution < 1.29 is 9.59 Å². The molecular formula is C27H44ClN3O2. The summed E-state index contributed by atoms with van der Waals surface area (Å²) in [5.74, 6) is 0.597. The highest BCUT2D eigenvalue weighted by Gasteiger charge is 2.53. The second-order valence-electron chi connectivity index (χ2n) is 10.2. The van der Waals surface area contributed by atoms with Gasteiger partial charge in [-0.3, -0.25) is 9.59 Å². The first-order valence-corrected chi connectivity index (χ1v) is 12.8. The van der Waals surface area contributed by atoms with Crippen molar-refractivity contribution in [2.75, 3.05) is 26.2 Å². The Morgan fingerprint density at radius 1 is 1.00 bits per heavy atom. The van der Waals surface area contributed by atoms with Crippen LogP contribution in [-0.2, 0) is 16.0 Å². The number of piperazine rings is 1. The fraction of sp³-hybridized carbons (Fsp3) is 0.704. The van der Waals surface area contributed by atoms with Crippen molar-refractivity contribution in [3.05, 3.63) is 35.9 Å². The van der Waals surface area contributed by atoms with E-state index in [4.69, 9.17) is 0 Å². The van der Waals surface area contributed by atoms with Gasteiger partial charge in [0.25, 0.3) is 0 Å². The number of amides is 2. The molecule has 0 unspecified atom stereocenters. The number of benzene rings is 1. The lowest BCUT2D eigenvalue weighted by molar-refractivity contribution is -0.161. The predicted molar refractivity (Wildman–Crippen MR) is 138 cm³/mol. The highest BCUT2D eigenvalue weighted by molar-refractivity contribution is 6.00. The maximum atomic E-state index is 13.2. The third-order valence-corrected chi connectivity index (χ3v) is 7.18. The molecule has 1 N–H and O–H groups in total. The van der Waals surface area contributed by atoms with Crippen molar-refractivity contribution in [1.29, 1.82) is 0 Å². The molecule has 6 heteroatoms. The van der Waals surface area contributed by atoms with Crippen molar-refractivity contribution in [2.45, 2.75) is 90.1 Å². The molecule has 1 aromatic rings. The number of nitrogens with one attached hydrogen (secondary N) is 1. The molecule has 0 saturated carbocycles. The van der Waals surface area contributed by atoms with Crippen LogP contribution in [0.2, 0.25) is 0 Å². The van der Waals surface area contributed by atoms with E-state index in [1.54, 1.807) is 0 Å². The number of unbranched alkanes of at least 4 members (excludes halogenated alkanes) is 3. The highest BCUT2D eigenvalue weighted by atomic mass is 35.5. The van der Waals surface area contributed by atoms with Gasteiger partial charge in [-0.25, -0.2) is 0 Å². The zero-order valence-corrected chi connectivity index (χ0v) is 21.7. The summed E-state index contributed by atoms with van der Waals surface area (Å²) in [5.41, 5.74) is 0.800. The number of carbonyl (C=O) groups excluding carboxylic acids is 2. The van der Waals surface area contributed by atoms with Crippen molar-refractivity contribution in [1.82, 2.24) is 15.1 Å². The number of nitrogens with zero attached hydrogens (tertiary/aromatic N) is 2. The van der Waals surface area contributed by atoms with Gasteiger partial charge in [0, 0.05) is 19.6 Å². The first-order chi connectivity index (χ1) is 15.5. The number of piperidine rings is 1. The summed E-state index contributed by atoms with van der Waals surface area (Å²) >= 11 is 0. The molecule has 2 amide bonds. The van der Waals surface area contributed by atoms with Crippen LogP contribution >= 0.6 is 12.4 Å². The summed E-state index contributed by atoms with van der Waals surface area (Å²) in [6.07, 6.45) is 9.28. The van der Waals surface area contributed by atoms with Crippen LogP contribution in [0.3, 0.4) is 0 Å². The second-order valence-corrected chi connectivity index (χ2v) is 10.2. The summed E-state index contributed by atoms with van der Waals surface area (Å²) in [4.78, 5) is 30.9. The molecule has 5 nitrogen and oxygen atoms in total. The number of carbonyl (C=O) groups is 2. The van der Waals surface area contributed by atoms with E-state index in [2.05, 4.69) is 61.3 Å². The van der Waals surface area contributed by atoms with E-state index < -0.39 is 5.54 Å². The van der Waals surface area contributed by atoms with Crippen molar-refractivity contribution in [2.24, 2.45) is 5.92 Å². The SMILES string of the molecule is CCCN1C(=O)[C@@H](CC(C)C)NC(=O)C12CCN(CCCCCCc1ccccc1)CC2.Cl. The Labute approximate surface area is 207 Å². The van der Waals surface area contributed by atoms with Gasteiger partial charge in [0.05, 0.1) is 0 Å². The highest BCUT2D eigenvalue weighted by Crippen LogP contribution is 2.34. The van der Waals surface area contributed by atoms with E-state index in [9.17, 15) is 9.59 Å². The third kappa shape index (κ3) is 7.19. The number of hydrogen-bond donors (Lipinski definition) is 1. The average Bonchev–Trinajstić information content (AvgIpc) is 2.79. The van der Waals surface area contributed by atoms with E-state index in [-0.39, 0.29) is 30.3 Å². The van der Waals surface area contributed by atoms with Gasteiger partial charge in [-0.2, -0.15) is 0 Å². The van der Waals surface area contributed by atoms with Crippen LogP contribution in [0.4, 0.5) is 0 Å². The largest absolute Gasteiger partial charge is 0.342 e. The van der Waals surface area contributed by atoms with Crippen LogP contribution < -0.4 is 5.32 Å². The molecule has 0 aliphatic carbocycles. The second kappa shape index (κ2) is 13.3. The molecule has 2 saturated heterocycles. The van der Waals surface area contributed by atoms with Crippen molar-refractivity contribution in [3.63, 3.8) is 0 Å². The van der Waals surface area contributed by atoms with E-state index >= 15 is 0 Å². The standard InChI is InChI=1S/C27H43N3O2.ClH/c1-4-17-30-25(31)24(21-22(2)3)28-26(32)27(30)15-19-29(20-16-27)18-11-6-5-8-12-23-13-9-7-10-14-23;/h7,9-10,13-14,22,24H,4-6,8,11-12,15-21H2,1-3H3,(H,28,32);1H/t24-;/m1./s1. The molecule has 1 spiro atoms. The van der Waals surface area contributed by atoms with Gasteiger partial charge >= 0.3 is 0 Å². The molecule has 1 atom stereocenters. The Balaban J connectivity index is 0.00000385. The van der Waals surface area contributed by atoms with E-state index in [0.717, 1.165) is 45.3 Å². The molecule has 2 fully saturated rings. The zero-order chi connectivity index (χ0) is 23.0. The van der Waals surface area contributed by atoms with Gasteiger partial charge in [-0.1, -0.05) is 63.9 Å². The molecular weight excluding hydrogens is 434 g/mol. The molecule has 2 aliphatic rings. The number of halogens is 1. The Morgan fingerprint density at radius 2 is 1.67 bits per heavy atom. The molecule has 0 radical (unpaired) electrons. The van der Waals surface area contributed by atoms with Gasteiger partial charge in [0.15, 0.2) is 0 Å². The lowest BCUT2D eigenvalue weighted by Gasteiger charge is -2.52. The summed E-state index contributed by atoms with van der Waals surface area (Å²) < 4.78 is 0. The first-order valence-electron chi connectivity index (χ1n) is 12.8.